The summed E-state index contributed by atoms with van der Waals surface area (Å²) in [4.78, 5) is 22.6. The van der Waals surface area contributed by atoms with E-state index in [9.17, 15) is 4.39 Å². The van der Waals surface area contributed by atoms with Gasteiger partial charge in [-0.25, -0.2) is 23.7 Å². The Labute approximate surface area is 202 Å². The van der Waals surface area contributed by atoms with E-state index in [4.69, 9.17) is 4.98 Å². The first-order valence-electron chi connectivity index (χ1n) is 11.9. The second-order valence-corrected chi connectivity index (χ2v) is 9.78. The van der Waals surface area contributed by atoms with Crippen LogP contribution in [0, 0.1) is 25.5 Å². The average molecular weight is 476 g/mol. The molecule has 0 saturated carbocycles. The van der Waals surface area contributed by atoms with Crippen molar-refractivity contribution in [2.45, 2.75) is 45.4 Å². The maximum absolute atomic E-state index is 15.4. The van der Waals surface area contributed by atoms with Crippen molar-refractivity contribution >= 4 is 11.2 Å². The largest absolute Gasteiger partial charge is 0.304 e. The molecule has 0 radical (unpaired) electrons. The van der Waals surface area contributed by atoms with E-state index in [0.717, 1.165) is 37.1 Å². The van der Waals surface area contributed by atoms with Gasteiger partial charge in [0.15, 0.2) is 5.65 Å². The summed E-state index contributed by atoms with van der Waals surface area (Å²) >= 11 is 0. The number of hydrogen-bond donors (Lipinski definition) is 0. The summed E-state index contributed by atoms with van der Waals surface area (Å²) in [5, 5.41) is 0. The van der Waals surface area contributed by atoms with Gasteiger partial charge in [-0.1, -0.05) is 12.1 Å². The lowest BCUT2D eigenvalue weighted by molar-refractivity contribution is 0.143. The number of likely N-dealkylation sites (tertiary alicyclic amines) is 2. The number of likely N-dealkylation sites (N-methyl/N-ethyl adjacent to an activating group) is 1. The molecule has 0 N–H and O–H groups in total. The zero-order valence-corrected chi connectivity index (χ0v) is 20.0. The Bertz CT molecular complexity index is 1430. The zero-order valence-electron chi connectivity index (χ0n) is 20.0. The lowest BCUT2D eigenvalue weighted by Crippen LogP contribution is -2.43. The highest BCUT2D eigenvalue weighted by atomic mass is 19.1. The van der Waals surface area contributed by atoms with Crippen LogP contribution in [0.1, 0.15) is 29.1 Å². The van der Waals surface area contributed by atoms with Crippen LogP contribution in [0.25, 0.3) is 22.6 Å². The molecular formula is C26H27F2N7. The number of benzene rings is 1. The van der Waals surface area contributed by atoms with Crippen molar-refractivity contribution in [2.24, 2.45) is 0 Å². The van der Waals surface area contributed by atoms with Gasteiger partial charge < -0.3 is 9.47 Å². The highest BCUT2D eigenvalue weighted by Gasteiger charge is 2.41. The standard InChI is InChI=1S/C26H27F2N7/c1-15-24-26(31-16(2)30-15)35(25(32-24)19-7-20(27)10-29-9-19)12-18-5-4-17(6-23(18)28)11-34-14-21-8-22(34)13-33(21)3/h4-7,9-10,21-22H,8,11-14H2,1-3H3. The Morgan fingerprint density at radius 3 is 2.54 bits per heavy atom. The van der Waals surface area contributed by atoms with Crippen LogP contribution < -0.4 is 0 Å². The molecule has 5 heterocycles. The van der Waals surface area contributed by atoms with Crippen LogP contribution in [0.3, 0.4) is 0 Å². The zero-order chi connectivity index (χ0) is 24.3. The number of imidazole rings is 1. The van der Waals surface area contributed by atoms with Crippen LogP contribution in [0.2, 0.25) is 0 Å². The van der Waals surface area contributed by atoms with Crippen LogP contribution >= 0.6 is 0 Å². The van der Waals surface area contributed by atoms with Crippen molar-refractivity contribution in [1.29, 1.82) is 0 Å². The van der Waals surface area contributed by atoms with Gasteiger partial charge in [-0.05, 0) is 45.0 Å². The van der Waals surface area contributed by atoms with Crippen molar-refractivity contribution < 1.29 is 8.78 Å². The summed E-state index contributed by atoms with van der Waals surface area (Å²) in [5.41, 5.74) is 3.93. The number of halogens is 2. The maximum Gasteiger partial charge on any atom is 0.164 e. The molecule has 6 rings (SSSR count). The van der Waals surface area contributed by atoms with E-state index in [1.165, 1.54) is 12.5 Å². The highest BCUT2D eigenvalue weighted by molar-refractivity contribution is 5.79. The Morgan fingerprint density at radius 2 is 1.83 bits per heavy atom. The third-order valence-corrected chi connectivity index (χ3v) is 7.30. The van der Waals surface area contributed by atoms with Gasteiger partial charge in [-0.15, -0.1) is 0 Å². The lowest BCUT2D eigenvalue weighted by Gasteiger charge is -2.31. The molecule has 2 bridgehead atoms. The number of fused-ring (bicyclic) bond motifs is 3. The molecule has 7 nitrogen and oxygen atoms in total. The van der Waals surface area contributed by atoms with E-state index in [1.54, 1.807) is 12.3 Å². The molecule has 3 aromatic heterocycles. The summed E-state index contributed by atoms with van der Waals surface area (Å²) in [5.74, 6) is 0.353. The molecule has 0 aliphatic carbocycles. The molecule has 0 amide bonds. The Balaban J connectivity index is 1.34. The molecule has 2 saturated heterocycles. The monoisotopic (exact) mass is 475 g/mol. The SMILES string of the molecule is Cc1nc(C)c2nc(-c3cncc(F)c3)n(Cc3ccc(CN4CC5CC4CN5C)cc3F)c2n1. The van der Waals surface area contributed by atoms with Gasteiger partial charge in [0, 0.05) is 49.0 Å². The topological polar surface area (TPSA) is 63.0 Å². The highest BCUT2D eigenvalue weighted by Crippen LogP contribution is 2.31. The number of rotatable bonds is 5. The first-order chi connectivity index (χ1) is 16.9. The second-order valence-electron chi connectivity index (χ2n) is 9.78. The van der Waals surface area contributed by atoms with Crippen LogP contribution in [-0.2, 0) is 13.1 Å². The number of piperazine rings is 1. The van der Waals surface area contributed by atoms with Crippen LogP contribution in [0.5, 0.6) is 0 Å². The molecule has 4 aromatic rings. The predicted octanol–water partition coefficient (Wildman–Crippen LogP) is 3.72. The van der Waals surface area contributed by atoms with Crippen LogP contribution in [0.15, 0.2) is 36.7 Å². The van der Waals surface area contributed by atoms with E-state index >= 15 is 4.39 Å². The molecule has 2 aliphatic rings. The summed E-state index contributed by atoms with van der Waals surface area (Å²) in [6.45, 7) is 6.76. The van der Waals surface area contributed by atoms with E-state index in [2.05, 4.69) is 31.8 Å². The fourth-order valence-electron chi connectivity index (χ4n) is 5.54. The molecule has 180 valence electrons. The third-order valence-electron chi connectivity index (χ3n) is 7.30. The first-order valence-corrected chi connectivity index (χ1v) is 11.9. The summed E-state index contributed by atoms with van der Waals surface area (Å²) in [6, 6.07) is 8.02. The molecule has 35 heavy (non-hydrogen) atoms. The Hall–Kier alpha value is -3.30. The first kappa shape index (κ1) is 22.2. The third kappa shape index (κ3) is 3.98. The Morgan fingerprint density at radius 1 is 0.971 bits per heavy atom. The molecule has 2 unspecified atom stereocenters. The number of pyridine rings is 1. The molecule has 2 fully saturated rings. The van der Waals surface area contributed by atoms with Gasteiger partial charge in [0.2, 0.25) is 0 Å². The van der Waals surface area contributed by atoms with Gasteiger partial charge in [-0.3, -0.25) is 9.88 Å². The van der Waals surface area contributed by atoms with E-state index < -0.39 is 5.82 Å². The van der Waals surface area contributed by atoms with Gasteiger partial charge in [-0.2, -0.15) is 0 Å². The molecule has 9 heteroatoms. The van der Waals surface area contributed by atoms with Crippen molar-refractivity contribution in [3.05, 3.63) is 70.9 Å². The van der Waals surface area contributed by atoms with Crippen LogP contribution in [0.4, 0.5) is 8.78 Å². The fourth-order valence-corrected chi connectivity index (χ4v) is 5.54. The molecule has 2 atom stereocenters. The van der Waals surface area contributed by atoms with E-state index in [1.807, 2.05) is 30.5 Å². The van der Waals surface area contributed by atoms with E-state index in [-0.39, 0.29) is 12.4 Å². The minimum Gasteiger partial charge on any atom is -0.304 e. The maximum atomic E-state index is 15.4. The van der Waals surface area contributed by atoms with Gasteiger partial charge in [0.25, 0.3) is 0 Å². The predicted molar refractivity (Wildman–Crippen MR) is 129 cm³/mol. The lowest BCUT2D eigenvalue weighted by atomic mass is 10.1. The second kappa shape index (κ2) is 8.42. The number of aromatic nitrogens is 5. The van der Waals surface area contributed by atoms with Crippen molar-refractivity contribution in [3.8, 4) is 11.4 Å². The van der Waals surface area contributed by atoms with E-state index in [0.29, 0.717) is 46.0 Å². The molecule has 2 aliphatic heterocycles. The van der Waals surface area contributed by atoms with Gasteiger partial charge in [0.05, 0.1) is 18.4 Å². The summed E-state index contributed by atoms with van der Waals surface area (Å²) < 4.78 is 31.1. The summed E-state index contributed by atoms with van der Waals surface area (Å²) in [7, 11) is 2.18. The molecular weight excluding hydrogens is 448 g/mol. The molecule has 1 aromatic carbocycles. The molecule has 0 spiro atoms. The average Bonchev–Trinajstić information content (AvgIpc) is 3.48. The van der Waals surface area contributed by atoms with Crippen molar-refractivity contribution in [3.63, 3.8) is 0 Å². The van der Waals surface area contributed by atoms with Crippen molar-refractivity contribution in [1.82, 2.24) is 34.3 Å². The minimum atomic E-state index is -0.461. The van der Waals surface area contributed by atoms with Gasteiger partial charge >= 0.3 is 0 Å². The van der Waals surface area contributed by atoms with Crippen molar-refractivity contribution in [2.75, 3.05) is 20.1 Å². The fraction of sp³-hybridized carbons (Fsp3) is 0.385. The minimum absolute atomic E-state index is 0.212. The number of aryl methyl sites for hydroxylation is 2. The number of hydrogen-bond acceptors (Lipinski definition) is 6. The quantitative estimate of drug-likeness (QED) is 0.439. The normalized spacial score (nSPS) is 20.4. The Kier molecular flexibility index (Phi) is 5.34. The summed E-state index contributed by atoms with van der Waals surface area (Å²) in [6.07, 6.45) is 3.90. The van der Waals surface area contributed by atoms with Gasteiger partial charge in [0.1, 0.15) is 28.8 Å². The van der Waals surface area contributed by atoms with Crippen LogP contribution in [-0.4, -0.2) is 66.5 Å². The smallest absolute Gasteiger partial charge is 0.164 e. The number of nitrogens with zero attached hydrogens (tertiary/aromatic N) is 7.